The van der Waals surface area contributed by atoms with Gasteiger partial charge in [-0.2, -0.15) is 6.54 Å². The van der Waals surface area contributed by atoms with Gasteiger partial charge in [-0.1, -0.05) is 96.8 Å². The van der Waals surface area contributed by atoms with E-state index in [1.54, 1.807) is 0 Å². The summed E-state index contributed by atoms with van der Waals surface area (Å²) in [4.78, 5) is 0. The van der Waals surface area contributed by atoms with E-state index in [1.165, 1.54) is 83.5 Å². The Hall–Kier alpha value is -0.0400. The smallest absolute Gasteiger partial charge is 0.0533 e. The Morgan fingerprint density at radius 3 is 1.06 bits per heavy atom. The molecule has 0 fully saturated rings. The van der Waals surface area contributed by atoms with E-state index in [9.17, 15) is 0 Å². The lowest BCUT2D eigenvalue weighted by molar-refractivity contribution is 0.538. The van der Waals surface area contributed by atoms with E-state index in [4.69, 9.17) is 5.73 Å². The second-order valence-corrected chi connectivity index (χ2v) is 5.35. The van der Waals surface area contributed by atoms with Crippen LogP contribution in [0, 0.1) is 0 Å². The van der Waals surface area contributed by atoms with E-state index in [2.05, 4.69) is 6.92 Å². The summed E-state index contributed by atoms with van der Waals surface area (Å²) < 4.78 is 0. The molecule has 0 aromatic rings. The molecular weight excluding hydrogens is 206 g/mol. The van der Waals surface area contributed by atoms with Crippen LogP contribution in [0.1, 0.15) is 96.8 Å². The Bertz CT molecular complexity index is 109. The van der Waals surface area contributed by atoms with Crippen LogP contribution in [-0.2, 0) is 0 Å². The minimum absolute atomic E-state index is 0.623. The Balaban J connectivity index is 2.85. The number of hydrogen-bond acceptors (Lipinski definition) is 0. The molecule has 0 saturated carbocycles. The van der Waals surface area contributed by atoms with Gasteiger partial charge in [-0.15, -0.1) is 0 Å². The molecule has 0 aliphatic carbocycles. The highest BCUT2D eigenvalue weighted by Gasteiger charge is 1.92. The molecule has 0 saturated heterocycles. The normalized spacial score (nSPS) is 10.9. The SMILES string of the molecule is CCCCCCCCCCCCCCCC[NH-]. The van der Waals surface area contributed by atoms with Crippen molar-refractivity contribution in [1.29, 1.82) is 0 Å². The van der Waals surface area contributed by atoms with Gasteiger partial charge in [0.05, 0.1) is 0 Å². The van der Waals surface area contributed by atoms with Crippen LogP contribution in [0.15, 0.2) is 0 Å². The van der Waals surface area contributed by atoms with Gasteiger partial charge in [0.1, 0.15) is 0 Å². The lowest BCUT2D eigenvalue weighted by atomic mass is 10.0. The highest BCUT2D eigenvalue weighted by Crippen LogP contribution is 2.12. The number of hydrogen-bond donors (Lipinski definition) is 0. The number of rotatable bonds is 14. The molecule has 0 rings (SSSR count). The minimum Gasteiger partial charge on any atom is -0.677 e. The first-order valence-electron chi connectivity index (χ1n) is 8.06. The maximum Gasteiger partial charge on any atom is -0.0533 e. The van der Waals surface area contributed by atoms with Crippen LogP contribution < -0.4 is 0 Å². The fourth-order valence-corrected chi connectivity index (χ4v) is 2.32. The topological polar surface area (TPSA) is 23.8 Å². The summed E-state index contributed by atoms with van der Waals surface area (Å²) in [5.74, 6) is 0. The van der Waals surface area contributed by atoms with Gasteiger partial charge in [-0.3, -0.25) is 0 Å². The van der Waals surface area contributed by atoms with E-state index in [0.717, 1.165) is 6.42 Å². The molecule has 0 atom stereocenters. The van der Waals surface area contributed by atoms with E-state index >= 15 is 0 Å². The van der Waals surface area contributed by atoms with Crippen molar-refractivity contribution in [1.82, 2.24) is 0 Å². The predicted octanol–water partition coefficient (Wildman–Crippen LogP) is 6.52. The standard InChI is InChI=1S/C16H34N/c1-2-3-4-5-6-7-8-9-10-11-12-13-14-15-16-17/h17H,2-16H2,1H3/q-1. The third-order valence-corrected chi connectivity index (χ3v) is 3.53. The molecule has 0 heterocycles. The van der Waals surface area contributed by atoms with Crippen LogP contribution in [0.3, 0.4) is 0 Å². The molecule has 0 unspecified atom stereocenters. The molecule has 0 aliphatic heterocycles. The molecule has 1 N–H and O–H groups in total. The van der Waals surface area contributed by atoms with E-state index in [0.29, 0.717) is 6.54 Å². The molecule has 0 spiro atoms. The molecule has 1 nitrogen and oxygen atoms in total. The van der Waals surface area contributed by atoms with Crippen molar-refractivity contribution in [2.24, 2.45) is 0 Å². The van der Waals surface area contributed by atoms with Gasteiger partial charge in [0.2, 0.25) is 0 Å². The van der Waals surface area contributed by atoms with E-state index < -0.39 is 0 Å². The molecule has 17 heavy (non-hydrogen) atoms. The van der Waals surface area contributed by atoms with Crippen molar-refractivity contribution in [3.63, 3.8) is 0 Å². The van der Waals surface area contributed by atoms with Crippen molar-refractivity contribution < 1.29 is 0 Å². The summed E-state index contributed by atoms with van der Waals surface area (Å²) in [5.41, 5.74) is 7.06. The third-order valence-electron chi connectivity index (χ3n) is 3.53. The van der Waals surface area contributed by atoms with Crippen LogP contribution in [0.4, 0.5) is 0 Å². The summed E-state index contributed by atoms with van der Waals surface area (Å²) >= 11 is 0. The predicted molar refractivity (Wildman–Crippen MR) is 79.5 cm³/mol. The fraction of sp³-hybridized carbons (Fsp3) is 1.00. The second kappa shape index (κ2) is 16.0. The summed E-state index contributed by atoms with van der Waals surface area (Å²) in [6, 6.07) is 0. The zero-order chi connectivity index (χ0) is 12.6. The second-order valence-electron chi connectivity index (χ2n) is 5.35. The molecule has 1 heteroatoms. The van der Waals surface area contributed by atoms with Gasteiger partial charge in [0.15, 0.2) is 0 Å². The van der Waals surface area contributed by atoms with Gasteiger partial charge in [-0.25, -0.2) is 0 Å². The van der Waals surface area contributed by atoms with Crippen LogP contribution in [0.2, 0.25) is 0 Å². The molecule has 104 valence electrons. The monoisotopic (exact) mass is 240 g/mol. The molecule has 0 aliphatic rings. The first-order valence-corrected chi connectivity index (χ1v) is 8.06. The Kier molecular flexibility index (Phi) is 15.9. The van der Waals surface area contributed by atoms with Gasteiger partial charge >= 0.3 is 0 Å². The molecular formula is C16H34N-. The van der Waals surface area contributed by atoms with E-state index in [1.807, 2.05) is 0 Å². The number of unbranched alkanes of at least 4 members (excludes halogenated alkanes) is 13. The van der Waals surface area contributed by atoms with Crippen LogP contribution in [-0.4, -0.2) is 6.54 Å². The maximum atomic E-state index is 7.06. The van der Waals surface area contributed by atoms with Crippen LogP contribution in [0.25, 0.3) is 5.73 Å². The van der Waals surface area contributed by atoms with Crippen molar-refractivity contribution in [2.75, 3.05) is 6.54 Å². The highest BCUT2D eigenvalue weighted by atomic mass is 14.5. The Morgan fingerprint density at radius 2 is 0.765 bits per heavy atom. The Morgan fingerprint density at radius 1 is 0.471 bits per heavy atom. The van der Waals surface area contributed by atoms with Crippen LogP contribution >= 0.6 is 0 Å². The molecule has 0 radical (unpaired) electrons. The van der Waals surface area contributed by atoms with Crippen molar-refractivity contribution >= 4 is 0 Å². The highest BCUT2D eigenvalue weighted by molar-refractivity contribution is 4.52. The molecule has 0 aromatic carbocycles. The van der Waals surface area contributed by atoms with Crippen molar-refractivity contribution in [3.05, 3.63) is 5.73 Å². The lowest BCUT2D eigenvalue weighted by Gasteiger charge is -2.03. The summed E-state index contributed by atoms with van der Waals surface area (Å²) in [7, 11) is 0. The van der Waals surface area contributed by atoms with Crippen LogP contribution in [0.5, 0.6) is 0 Å². The maximum absolute atomic E-state index is 7.06. The van der Waals surface area contributed by atoms with Gasteiger partial charge in [-0.05, 0) is 0 Å². The van der Waals surface area contributed by atoms with E-state index in [-0.39, 0.29) is 0 Å². The van der Waals surface area contributed by atoms with Crippen molar-refractivity contribution in [3.8, 4) is 0 Å². The summed E-state index contributed by atoms with van der Waals surface area (Å²) in [6.45, 7) is 2.90. The first kappa shape index (κ1) is 17.0. The minimum atomic E-state index is 0.623. The quantitative estimate of drug-likeness (QED) is 0.309. The first-order chi connectivity index (χ1) is 8.41. The molecule has 0 amide bonds. The third kappa shape index (κ3) is 16.0. The lowest BCUT2D eigenvalue weighted by Crippen LogP contribution is -1.83. The fourth-order valence-electron chi connectivity index (χ4n) is 2.32. The zero-order valence-corrected chi connectivity index (χ0v) is 12.1. The zero-order valence-electron chi connectivity index (χ0n) is 12.1. The average molecular weight is 240 g/mol. The van der Waals surface area contributed by atoms with Gasteiger partial charge < -0.3 is 5.73 Å². The van der Waals surface area contributed by atoms with Gasteiger partial charge in [0, 0.05) is 0 Å². The summed E-state index contributed by atoms with van der Waals surface area (Å²) in [6.07, 6.45) is 19.5. The Labute approximate surface area is 110 Å². The molecule has 0 aromatic heterocycles. The number of nitrogens with one attached hydrogen (secondary N) is 1. The largest absolute Gasteiger partial charge is 0.677 e. The summed E-state index contributed by atoms with van der Waals surface area (Å²) in [5, 5.41) is 0. The molecule has 0 bridgehead atoms. The average Bonchev–Trinajstić information content (AvgIpc) is 2.35. The van der Waals surface area contributed by atoms with Gasteiger partial charge in [0.25, 0.3) is 0 Å². The van der Waals surface area contributed by atoms with Crippen molar-refractivity contribution in [2.45, 2.75) is 96.8 Å².